The lowest BCUT2D eigenvalue weighted by molar-refractivity contribution is 0.187. The van der Waals surface area contributed by atoms with Crippen LogP contribution in [0.5, 0.6) is 5.75 Å². The van der Waals surface area contributed by atoms with Crippen molar-refractivity contribution in [2.75, 3.05) is 39.8 Å². The molecule has 1 saturated heterocycles. The summed E-state index contributed by atoms with van der Waals surface area (Å²) in [6.45, 7) is 11.9. The molecule has 1 aliphatic heterocycles. The molecule has 5 nitrogen and oxygen atoms in total. The first kappa shape index (κ1) is 25.0. The minimum absolute atomic E-state index is 0. The topological polar surface area (TPSA) is 48.9 Å². The first-order valence-corrected chi connectivity index (χ1v) is 10.5. The second-order valence-corrected chi connectivity index (χ2v) is 7.86. The Morgan fingerprint density at radius 1 is 1.29 bits per heavy atom. The van der Waals surface area contributed by atoms with Gasteiger partial charge in [0, 0.05) is 39.3 Å². The van der Waals surface area contributed by atoms with Gasteiger partial charge in [0.05, 0.1) is 6.61 Å². The minimum Gasteiger partial charge on any atom is -0.494 e. The van der Waals surface area contributed by atoms with E-state index in [0.717, 1.165) is 43.6 Å². The van der Waals surface area contributed by atoms with Crippen LogP contribution in [0.15, 0.2) is 29.3 Å². The largest absolute Gasteiger partial charge is 0.494 e. The van der Waals surface area contributed by atoms with Crippen molar-refractivity contribution in [1.82, 2.24) is 15.5 Å². The summed E-state index contributed by atoms with van der Waals surface area (Å²) < 4.78 is 5.72. The van der Waals surface area contributed by atoms with Crippen LogP contribution in [-0.4, -0.2) is 56.7 Å². The molecule has 1 fully saturated rings. The van der Waals surface area contributed by atoms with Gasteiger partial charge in [0.2, 0.25) is 0 Å². The summed E-state index contributed by atoms with van der Waals surface area (Å²) in [6, 6.07) is 8.90. The molecule has 0 atom stereocenters. The maximum Gasteiger partial charge on any atom is 0.191 e. The Hall–Kier alpha value is -1.02. The molecule has 0 unspecified atom stereocenters. The number of rotatable bonds is 9. The minimum atomic E-state index is 0. The quantitative estimate of drug-likeness (QED) is 0.306. The van der Waals surface area contributed by atoms with Gasteiger partial charge in [-0.2, -0.15) is 0 Å². The molecule has 160 valence electrons. The molecule has 0 spiro atoms. The van der Waals surface area contributed by atoms with E-state index in [2.05, 4.69) is 59.5 Å². The van der Waals surface area contributed by atoms with Crippen LogP contribution in [0.2, 0.25) is 0 Å². The van der Waals surface area contributed by atoms with Crippen molar-refractivity contribution in [3.63, 3.8) is 0 Å². The number of ether oxygens (including phenoxy) is 1. The summed E-state index contributed by atoms with van der Waals surface area (Å²) in [4.78, 5) is 6.97. The molecule has 0 amide bonds. The fourth-order valence-corrected chi connectivity index (χ4v) is 3.50. The number of hydrogen-bond acceptors (Lipinski definition) is 3. The molecule has 1 heterocycles. The Labute approximate surface area is 188 Å². The van der Waals surface area contributed by atoms with Crippen LogP contribution in [0.25, 0.3) is 0 Å². The van der Waals surface area contributed by atoms with Crippen LogP contribution in [0.4, 0.5) is 0 Å². The molecule has 0 aromatic heterocycles. The molecule has 0 aliphatic carbocycles. The van der Waals surface area contributed by atoms with E-state index in [1.165, 1.54) is 38.0 Å². The molecule has 1 aromatic rings. The lowest BCUT2D eigenvalue weighted by Crippen LogP contribution is -2.49. The number of nitrogens with one attached hydrogen (secondary N) is 2. The number of nitrogens with zero attached hydrogens (tertiary/aromatic N) is 2. The van der Waals surface area contributed by atoms with Crippen LogP contribution < -0.4 is 15.4 Å². The fraction of sp³-hybridized carbons (Fsp3) is 0.682. The monoisotopic (exact) mass is 502 g/mol. The normalized spacial score (nSPS) is 16.0. The molecule has 0 radical (unpaired) electrons. The van der Waals surface area contributed by atoms with Crippen molar-refractivity contribution in [2.24, 2.45) is 10.9 Å². The van der Waals surface area contributed by atoms with Gasteiger partial charge in [0.15, 0.2) is 5.96 Å². The highest BCUT2D eigenvalue weighted by molar-refractivity contribution is 14.0. The van der Waals surface area contributed by atoms with E-state index in [4.69, 9.17) is 4.74 Å². The summed E-state index contributed by atoms with van der Waals surface area (Å²) >= 11 is 0. The predicted octanol–water partition coefficient (Wildman–Crippen LogP) is 3.92. The summed E-state index contributed by atoms with van der Waals surface area (Å²) in [6.07, 6.45) is 4.36. The highest BCUT2D eigenvalue weighted by Gasteiger charge is 2.20. The lowest BCUT2D eigenvalue weighted by Gasteiger charge is -2.34. The Kier molecular flexibility index (Phi) is 12.5. The molecule has 0 bridgehead atoms. The van der Waals surface area contributed by atoms with E-state index in [-0.39, 0.29) is 24.0 Å². The van der Waals surface area contributed by atoms with E-state index in [1.54, 1.807) is 0 Å². The third kappa shape index (κ3) is 9.45. The van der Waals surface area contributed by atoms with Gasteiger partial charge in [-0.3, -0.25) is 4.99 Å². The summed E-state index contributed by atoms with van der Waals surface area (Å²) in [5.41, 5.74) is 1.29. The number of piperidine rings is 1. The Bertz CT molecular complexity index is 571. The summed E-state index contributed by atoms with van der Waals surface area (Å²) in [7, 11) is 1.85. The highest BCUT2D eigenvalue weighted by atomic mass is 127. The van der Waals surface area contributed by atoms with Crippen molar-refractivity contribution in [2.45, 2.75) is 52.5 Å². The van der Waals surface area contributed by atoms with Gasteiger partial charge in [-0.25, -0.2) is 0 Å². The fourth-order valence-electron chi connectivity index (χ4n) is 3.50. The second-order valence-electron chi connectivity index (χ2n) is 7.86. The van der Waals surface area contributed by atoms with Gasteiger partial charge in [-0.15, -0.1) is 24.0 Å². The number of halogens is 1. The van der Waals surface area contributed by atoms with Gasteiger partial charge >= 0.3 is 0 Å². The Morgan fingerprint density at radius 3 is 2.68 bits per heavy atom. The predicted molar refractivity (Wildman–Crippen MR) is 130 cm³/mol. The molecule has 6 heteroatoms. The standard InChI is InChI=1S/C22H38N4O.HI/c1-5-15-27-21-8-6-7-19(16-21)9-12-24-22(23-4)25-20-10-13-26(14-11-20)17-18(2)3;/h6-8,16,18,20H,5,9-15,17H2,1-4H3,(H2,23,24,25);1H. The smallest absolute Gasteiger partial charge is 0.191 e. The number of benzene rings is 1. The molecule has 1 aromatic carbocycles. The first-order chi connectivity index (χ1) is 13.1. The molecule has 2 N–H and O–H groups in total. The van der Waals surface area contributed by atoms with E-state index in [1.807, 2.05) is 13.1 Å². The molecular weight excluding hydrogens is 463 g/mol. The summed E-state index contributed by atoms with van der Waals surface area (Å²) in [5, 5.41) is 7.05. The van der Waals surface area contributed by atoms with Crippen molar-refractivity contribution in [3.8, 4) is 5.75 Å². The van der Waals surface area contributed by atoms with Gasteiger partial charge < -0.3 is 20.3 Å². The molecular formula is C22H39IN4O. The van der Waals surface area contributed by atoms with Crippen LogP contribution in [-0.2, 0) is 6.42 Å². The first-order valence-electron chi connectivity index (χ1n) is 10.5. The second kappa shape index (κ2) is 14.0. The zero-order chi connectivity index (χ0) is 19.5. The van der Waals surface area contributed by atoms with Crippen molar-refractivity contribution in [1.29, 1.82) is 0 Å². The lowest BCUT2D eigenvalue weighted by atomic mass is 10.0. The maximum absolute atomic E-state index is 5.72. The van der Waals surface area contributed by atoms with Gasteiger partial charge in [0.25, 0.3) is 0 Å². The van der Waals surface area contributed by atoms with Crippen LogP contribution in [0, 0.1) is 5.92 Å². The molecule has 0 saturated carbocycles. The van der Waals surface area contributed by atoms with Crippen molar-refractivity contribution < 1.29 is 4.74 Å². The average Bonchev–Trinajstić information content (AvgIpc) is 2.67. The molecule has 1 aliphatic rings. The van der Waals surface area contributed by atoms with E-state index in [9.17, 15) is 0 Å². The SMILES string of the molecule is CCCOc1cccc(CCNC(=NC)NC2CCN(CC(C)C)CC2)c1.I. The van der Waals surface area contributed by atoms with Crippen LogP contribution in [0.1, 0.15) is 45.6 Å². The van der Waals surface area contributed by atoms with E-state index >= 15 is 0 Å². The number of hydrogen-bond donors (Lipinski definition) is 2. The van der Waals surface area contributed by atoms with Crippen molar-refractivity contribution in [3.05, 3.63) is 29.8 Å². The molecule has 28 heavy (non-hydrogen) atoms. The van der Waals surface area contributed by atoms with Gasteiger partial charge in [-0.05, 0) is 49.3 Å². The Morgan fingerprint density at radius 2 is 2.04 bits per heavy atom. The van der Waals surface area contributed by atoms with Crippen LogP contribution >= 0.6 is 24.0 Å². The van der Waals surface area contributed by atoms with E-state index in [0.29, 0.717) is 6.04 Å². The zero-order valence-electron chi connectivity index (χ0n) is 18.0. The van der Waals surface area contributed by atoms with Gasteiger partial charge in [0.1, 0.15) is 5.75 Å². The number of likely N-dealkylation sites (tertiary alicyclic amines) is 1. The van der Waals surface area contributed by atoms with Crippen LogP contribution in [0.3, 0.4) is 0 Å². The molecule has 2 rings (SSSR count). The summed E-state index contributed by atoms with van der Waals surface area (Å²) in [5.74, 6) is 2.62. The number of guanidine groups is 1. The van der Waals surface area contributed by atoms with Crippen molar-refractivity contribution >= 4 is 29.9 Å². The maximum atomic E-state index is 5.72. The Balaban J connectivity index is 0.00000392. The van der Waals surface area contributed by atoms with Gasteiger partial charge in [-0.1, -0.05) is 32.9 Å². The van der Waals surface area contributed by atoms with E-state index < -0.39 is 0 Å². The third-order valence-electron chi connectivity index (χ3n) is 4.85. The highest BCUT2D eigenvalue weighted by Crippen LogP contribution is 2.14. The third-order valence-corrected chi connectivity index (χ3v) is 4.85. The average molecular weight is 502 g/mol. The zero-order valence-corrected chi connectivity index (χ0v) is 20.4. The number of aliphatic imine (C=N–C) groups is 1.